The lowest BCUT2D eigenvalue weighted by molar-refractivity contribution is -0.140. The number of nitrogens with zero attached hydrogens (tertiary/aromatic N) is 3. The maximum Gasteiger partial charge on any atom is 0.330 e. The van der Waals surface area contributed by atoms with E-state index < -0.39 is 49.9 Å². The predicted molar refractivity (Wildman–Crippen MR) is 289 cm³/mol. The Balaban J connectivity index is 1.37. The lowest BCUT2D eigenvalue weighted by atomic mass is 9.80. The number of nitriles is 1. The Morgan fingerprint density at radius 3 is 1.70 bits per heavy atom. The molecule has 0 bridgehead atoms. The van der Waals surface area contributed by atoms with Crippen LogP contribution in [0, 0.1) is 11.3 Å². The van der Waals surface area contributed by atoms with E-state index in [-0.39, 0.29) is 37.7 Å². The van der Waals surface area contributed by atoms with E-state index in [0.717, 1.165) is 55.2 Å². The number of carbonyl (C=O) groups is 1. The summed E-state index contributed by atoms with van der Waals surface area (Å²) in [5.41, 5.74) is 0.125. The van der Waals surface area contributed by atoms with Gasteiger partial charge < -0.3 is 37.5 Å². The second-order valence-corrected chi connectivity index (χ2v) is 20.9. The van der Waals surface area contributed by atoms with E-state index in [1.165, 1.54) is 81.7 Å². The van der Waals surface area contributed by atoms with Gasteiger partial charge in [-0.25, -0.2) is 9.46 Å². The molecule has 5 atom stereocenters. The first kappa shape index (κ1) is 60.0. The van der Waals surface area contributed by atoms with Crippen LogP contribution in [-0.4, -0.2) is 91.7 Å². The van der Waals surface area contributed by atoms with Crippen molar-refractivity contribution in [2.45, 2.75) is 179 Å². The molecule has 0 saturated carbocycles. The summed E-state index contributed by atoms with van der Waals surface area (Å²) in [6, 6.07) is 29.1. The molecule has 1 unspecified atom stereocenters. The molecule has 1 aliphatic rings. The third-order valence-corrected chi connectivity index (χ3v) is 15.6. The summed E-state index contributed by atoms with van der Waals surface area (Å²) in [5.74, 6) is 1.26. The standard InChI is InChI=1S/C58H83N4O11P/c1-44(2)62(45(3)4)74(71-42-26-39-59)73-54-51(43-70-58(46-27-22-21-23-28-46,47-30-34-49(66-5)35-31-47)48-32-36-50(67-6)37-33-48)72-56(61-40-38-52(63)60-57(61)65)55(54)69-41-25-20-18-16-14-12-10-8-9-11-13-15-17-19-24-29-53(64)68-7/h21-23,27-28,30-38,40,44-45,51,54-56H,8-20,24-26,29,41-43H2,1-7H3,(H,60,63,65)/t51-,54-,55-,56-,74?/m1/s1. The van der Waals surface area contributed by atoms with Crippen LogP contribution in [0.4, 0.5) is 0 Å². The molecule has 15 nitrogen and oxygen atoms in total. The van der Waals surface area contributed by atoms with Gasteiger partial charge in [-0.15, -0.1) is 0 Å². The fourth-order valence-corrected chi connectivity index (χ4v) is 11.4. The summed E-state index contributed by atoms with van der Waals surface area (Å²) < 4.78 is 54.4. The van der Waals surface area contributed by atoms with Crippen LogP contribution in [0.3, 0.4) is 0 Å². The molecule has 406 valence electrons. The zero-order valence-electron chi connectivity index (χ0n) is 45.0. The molecule has 2 heterocycles. The maximum atomic E-state index is 13.7. The van der Waals surface area contributed by atoms with E-state index in [0.29, 0.717) is 24.5 Å². The molecule has 0 radical (unpaired) electrons. The largest absolute Gasteiger partial charge is 0.497 e. The SMILES string of the molecule is COC(=O)CCCCCCCCCCCCCCCCCO[C@@H]1[C@H](OP(OCCC#N)N(C(C)C)C(C)C)[C@@H](COC(c2ccccc2)(c2ccc(OC)cc2)c2ccc(OC)cc2)O[C@H]1n1ccc(=O)[nH]c1=O. The van der Waals surface area contributed by atoms with Crippen molar-refractivity contribution in [2.24, 2.45) is 0 Å². The fourth-order valence-electron chi connectivity index (χ4n) is 9.67. The predicted octanol–water partition coefficient (Wildman–Crippen LogP) is 11.9. The number of nitrogens with one attached hydrogen (secondary N) is 1. The number of aromatic amines is 1. The summed E-state index contributed by atoms with van der Waals surface area (Å²) in [6.07, 6.45) is 15.7. The lowest BCUT2D eigenvalue weighted by Crippen LogP contribution is -2.43. The molecule has 3 aromatic carbocycles. The first-order valence-corrected chi connectivity index (χ1v) is 28.0. The number of esters is 1. The van der Waals surface area contributed by atoms with E-state index in [1.807, 2.05) is 78.9 Å². The normalized spacial score (nSPS) is 17.2. The molecule has 1 N–H and O–H groups in total. The molecule has 0 spiro atoms. The van der Waals surface area contributed by atoms with E-state index in [2.05, 4.69) is 43.4 Å². The van der Waals surface area contributed by atoms with Crippen molar-refractivity contribution in [3.63, 3.8) is 0 Å². The Labute approximate surface area is 441 Å². The van der Waals surface area contributed by atoms with Gasteiger partial charge in [0.2, 0.25) is 0 Å². The van der Waals surface area contributed by atoms with Gasteiger partial charge in [-0.1, -0.05) is 138 Å². The van der Waals surface area contributed by atoms with Gasteiger partial charge in [0.25, 0.3) is 14.1 Å². The van der Waals surface area contributed by atoms with Gasteiger partial charge in [0.1, 0.15) is 35.4 Å². The molecule has 1 saturated heterocycles. The summed E-state index contributed by atoms with van der Waals surface area (Å²) >= 11 is 0. The molecule has 1 fully saturated rings. The fraction of sp³-hybridized carbons (Fsp3) is 0.586. The monoisotopic (exact) mass is 1040 g/mol. The number of hydrogen-bond acceptors (Lipinski definition) is 13. The van der Waals surface area contributed by atoms with Crippen molar-refractivity contribution in [1.82, 2.24) is 14.2 Å². The number of carbonyl (C=O) groups excluding carboxylic acids is 1. The number of benzene rings is 3. The van der Waals surface area contributed by atoms with Crippen LogP contribution in [-0.2, 0) is 38.4 Å². The van der Waals surface area contributed by atoms with Gasteiger partial charge >= 0.3 is 11.7 Å². The smallest absolute Gasteiger partial charge is 0.330 e. The highest BCUT2D eigenvalue weighted by Gasteiger charge is 2.51. The zero-order valence-corrected chi connectivity index (χ0v) is 45.9. The van der Waals surface area contributed by atoms with Gasteiger partial charge in [-0.05, 0) is 81.5 Å². The lowest BCUT2D eigenvalue weighted by Gasteiger charge is -2.39. The van der Waals surface area contributed by atoms with Crippen molar-refractivity contribution < 1.29 is 42.3 Å². The number of H-pyrrole nitrogens is 1. The van der Waals surface area contributed by atoms with Crippen LogP contribution in [0.1, 0.15) is 160 Å². The van der Waals surface area contributed by atoms with Gasteiger partial charge in [-0.3, -0.25) is 19.1 Å². The molecule has 1 aliphatic heterocycles. The second kappa shape index (κ2) is 32.5. The molecule has 5 rings (SSSR count). The molecule has 0 aliphatic carbocycles. The van der Waals surface area contributed by atoms with Crippen molar-refractivity contribution in [1.29, 1.82) is 5.26 Å². The van der Waals surface area contributed by atoms with Crippen LogP contribution in [0.2, 0.25) is 0 Å². The highest BCUT2D eigenvalue weighted by Crippen LogP contribution is 2.51. The molecular weight excluding hydrogens is 960 g/mol. The highest BCUT2D eigenvalue weighted by atomic mass is 31.2. The van der Waals surface area contributed by atoms with E-state index in [1.54, 1.807) is 14.2 Å². The van der Waals surface area contributed by atoms with Crippen molar-refractivity contribution >= 4 is 14.5 Å². The summed E-state index contributed by atoms with van der Waals surface area (Å²) in [6.45, 7) is 8.79. The summed E-state index contributed by atoms with van der Waals surface area (Å²) in [7, 11) is 2.89. The number of unbranched alkanes of at least 4 members (excludes halogenated alkanes) is 14. The average Bonchev–Trinajstić information content (AvgIpc) is 3.74. The minimum atomic E-state index is -1.82. The third kappa shape index (κ3) is 17.9. The van der Waals surface area contributed by atoms with E-state index in [4.69, 9.17) is 37.5 Å². The Bertz CT molecular complexity index is 2300. The molecular formula is C58H83N4O11P. The van der Waals surface area contributed by atoms with E-state index in [9.17, 15) is 19.6 Å². The first-order valence-electron chi connectivity index (χ1n) is 26.9. The number of hydrogen-bond donors (Lipinski definition) is 1. The van der Waals surface area contributed by atoms with Crippen molar-refractivity contribution in [3.05, 3.63) is 129 Å². The summed E-state index contributed by atoms with van der Waals surface area (Å²) in [5, 5.41) is 9.57. The molecule has 74 heavy (non-hydrogen) atoms. The Kier molecular flexibility index (Phi) is 26.3. The number of rotatable bonds is 36. The first-order chi connectivity index (χ1) is 36.0. The number of aromatic nitrogens is 2. The number of ether oxygens (including phenoxy) is 6. The van der Waals surface area contributed by atoms with Gasteiger partial charge in [0, 0.05) is 37.4 Å². The van der Waals surface area contributed by atoms with Crippen molar-refractivity contribution in [3.8, 4) is 17.6 Å². The second-order valence-electron chi connectivity index (χ2n) is 19.5. The Morgan fingerprint density at radius 2 is 1.22 bits per heavy atom. The maximum absolute atomic E-state index is 13.7. The number of methoxy groups -OCH3 is 3. The molecule has 1 aromatic heterocycles. The molecule has 4 aromatic rings. The summed E-state index contributed by atoms with van der Waals surface area (Å²) in [4.78, 5) is 39.9. The van der Waals surface area contributed by atoms with Crippen LogP contribution in [0.15, 0.2) is 101 Å². The topological polar surface area (TPSA) is 173 Å². The van der Waals surface area contributed by atoms with E-state index >= 15 is 0 Å². The van der Waals surface area contributed by atoms with Gasteiger partial charge in [0.15, 0.2) is 6.23 Å². The third-order valence-electron chi connectivity index (χ3n) is 13.5. The Morgan fingerprint density at radius 1 is 0.703 bits per heavy atom. The molecule has 16 heteroatoms. The molecule has 0 amide bonds. The zero-order chi connectivity index (χ0) is 53.1. The van der Waals surface area contributed by atoms with Gasteiger partial charge in [0.05, 0.1) is 47.0 Å². The van der Waals surface area contributed by atoms with Crippen LogP contribution in [0.25, 0.3) is 0 Å². The average molecular weight is 1040 g/mol. The van der Waals surface area contributed by atoms with Crippen LogP contribution < -0.4 is 20.7 Å². The van der Waals surface area contributed by atoms with Crippen molar-refractivity contribution in [2.75, 3.05) is 41.2 Å². The van der Waals surface area contributed by atoms with Gasteiger partial charge in [-0.2, -0.15) is 5.26 Å². The Hall–Kier alpha value is -4.91. The highest BCUT2D eigenvalue weighted by molar-refractivity contribution is 7.44. The minimum absolute atomic E-state index is 0.000236. The van der Waals surface area contributed by atoms with Crippen LogP contribution in [0.5, 0.6) is 11.5 Å². The quantitative estimate of drug-likeness (QED) is 0.0197. The van der Waals surface area contributed by atoms with Crippen LogP contribution >= 0.6 is 8.53 Å². The minimum Gasteiger partial charge on any atom is -0.497 e.